The molecule has 2 rings (SSSR count). The third kappa shape index (κ3) is 5.97. The van der Waals surface area contributed by atoms with E-state index in [2.05, 4.69) is 10.0 Å². The molecule has 0 atom stereocenters. The number of methoxy groups -OCH3 is 1. The smallest absolute Gasteiger partial charge is 0.262 e. The summed E-state index contributed by atoms with van der Waals surface area (Å²) in [7, 11) is -2.03. The summed E-state index contributed by atoms with van der Waals surface area (Å²) in [5.41, 5.74) is 1.49. The minimum atomic E-state index is -3.56. The van der Waals surface area contributed by atoms with Crippen molar-refractivity contribution < 1.29 is 22.7 Å². The molecule has 146 valence electrons. The molecule has 2 aromatic carbocycles. The van der Waals surface area contributed by atoms with E-state index in [1.54, 1.807) is 19.9 Å². The highest BCUT2D eigenvalue weighted by Gasteiger charge is 2.15. The number of carbonyl (C=O) groups is 1. The molecule has 27 heavy (non-hydrogen) atoms. The van der Waals surface area contributed by atoms with Gasteiger partial charge < -0.3 is 14.8 Å². The molecule has 0 spiro atoms. The Morgan fingerprint density at radius 3 is 2.33 bits per heavy atom. The Kier molecular flexibility index (Phi) is 6.81. The van der Waals surface area contributed by atoms with E-state index in [-0.39, 0.29) is 23.5 Å². The highest BCUT2D eigenvalue weighted by atomic mass is 32.2. The van der Waals surface area contributed by atoms with E-state index in [0.717, 1.165) is 5.56 Å². The molecule has 2 aromatic rings. The SMILES string of the molecule is COc1cc(C)ccc1OCC(=O)Nc1ccc(S(=O)(=O)NC(C)C)cc1. The summed E-state index contributed by atoms with van der Waals surface area (Å²) >= 11 is 0. The molecule has 0 saturated heterocycles. The molecule has 1 amide bonds. The molecule has 0 saturated carbocycles. The van der Waals surface area contributed by atoms with Gasteiger partial charge in [-0.05, 0) is 62.7 Å². The second-order valence-corrected chi connectivity index (χ2v) is 8.01. The predicted molar refractivity (Wildman–Crippen MR) is 104 cm³/mol. The van der Waals surface area contributed by atoms with Crippen molar-refractivity contribution in [3.63, 3.8) is 0 Å². The van der Waals surface area contributed by atoms with E-state index in [4.69, 9.17) is 9.47 Å². The third-order valence-electron chi connectivity index (χ3n) is 3.52. The van der Waals surface area contributed by atoms with Crippen molar-refractivity contribution in [3.8, 4) is 11.5 Å². The van der Waals surface area contributed by atoms with E-state index < -0.39 is 10.0 Å². The summed E-state index contributed by atoms with van der Waals surface area (Å²) in [6.45, 7) is 5.22. The zero-order valence-electron chi connectivity index (χ0n) is 15.8. The Bertz CT molecular complexity index is 893. The Hall–Kier alpha value is -2.58. The molecule has 8 heteroatoms. The number of hydrogen-bond acceptors (Lipinski definition) is 5. The molecule has 0 unspecified atom stereocenters. The van der Waals surface area contributed by atoms with Gasteiger partial charge in [0.25, 0.3) is 5.91 Å². The van der Waals surface area contributed by atoms with Crippen LogP contribution in [0.2, 0.25) is 0 Å². The molecular formula is C19H24N2O5S. The third-order valence-corrected chi connectivity index (χ3v) is 5.19. The first-order valence-corrected chi connectivity index (χ1v) is 9.89. The Morgan fingerprint density at radius 1 is 1.07 bits per heavy atom. The number of anilines is 1. The Morgan fingerprint density at radius 2 is 1.74 bits per heavy atom. The van der Waals surface area contributed by atoms with Gasteiger partial charge in [0.15, 0.2) is 18.1 Å². The van der Waals surface area contributed by atoms with Gasteiger partial charge in [0.2, 0.25) is 10.0 Å². The first-order chi connectivity index (χ1) is 12.7. The molecule has 7 nitrogen and oxygen atoms in total. The highest BCUT2D eigenvalue weighted by Crippen LogP contribution is 2.27. The fourth-order valence-corrected chi connectivity index (χ4v) is 3.58. The maximum Gasteiger partial charge on any atom is 0.262 e. The first-order valence-electron chi connectivity index (χ1n) is 8.41. The zero-order chi connectivity index (χ0) is 20.0. The van der Waals surface area contributed by atoms with Gasteiger partial charge in [0.1, 0.15) is 0 Å². The van der Waals surface area contributed by atoms with Crippen LogP contribution in [0.4, 0.5) is 5.69 Å². The number of amides is 1. The lowest BCUT2D eigenvalue weighted by Crippen LogP contribution is -2.30. The van der Waals surface area contributed by atoms with Crippen LogP contribution in [0.15, 0.2) is 47.4 Å². The maximum atomic E-state index is 12.1. The molecule has 0 bridgehead atoms. The van der Waals surface area contributed by atoms with Crippen LogP contribution in [0.5, 0.6) is 11.5 Å². The van der Waals surface area contributed by atoms with Gasteiger partial charge in [-0.15, -0.1) is 0 Å². The molecular weight excluding hydrogens is 368 g/mol. The summed E-state index contributed by atoms with van der Waals surface area (Å²) in [6.07, 6.45) is 0. The summed E-state index contributed by atoms with van der Waals surface area (Å²) in [6, 6.07) is 11.1. The fourth-order valence-electron chi connectivity index (χ4n) is 2.33. The zero-order valence-corrected chi connectivity index (χ0v) is 16.6. The molecule has 0 aliphatic rings. The number of benzene rings is 2. The Labute approximate surface area is 159 Å². The van der Waals surface area contributed by atoms with Crippen LogP contribution in [0.1, 0.15) is 19.4 Å². The monoisotopic (exact) mass is 392 g/mol. The van der Waals surface area contributed by atoms with E-state index in [0.29, 0.717) is 17.2 Å². The van der Waals surface area contributed by atoms with Crippen LogP contribution >= 0.6 is 0 Å². The van der Waals surface area contributed by atoms with Gasteiger partial charge >= 0.3 is 0 Å². The van der Waals surface area contributed by atoms with Gasteiger partial charge in [-0.3, -0.25) is 4.79 Å². The first kappa shape index (κ1) is 20.7. The van der Waals surface area contributed by atoms with Crippen molar-refractivity contribution in [1.29, 1.82) is 0 Å². The van der Waals surface area contributed by atoms with E-state index >= 15 is 0 Å². The van der Waals surface area contributed by atoms with E-state index in [1.807, 2.05) is 19.1 Å². The molecule has 0 aromatic heterocycles. The average molecular weight is 392 g/mol. The number of rotatable bonds is 8. The summed E-state index contributed by atoms with van der Waals surface area (Å²) in [4.78, 5) is 12.2. The quantitative estimate of drug-likeness (QED) is 0.720. The Balaban J connectivity index is 1.96. The molecule has 0 heterocycles. The second-order valence-electron chi connectivity index (χ2n) is 6.29. The van der Waals surface area contributed by atoms with Crippen molar-refractivity contribution in [2.45, 2.75) is 31.7 Å². The van der Waals surface area contributed by atoms with Crippen LogP contribution in [0, 0.1) is 6.92 Å². The second kappa shape index (κ2) is 8.88. The van der Waals surface area contributed by atoms with Crippen LogP contribution in [0.25, 0.3) is 0 Å². The lowest BCUT2D eigenvalue weighted by molar-refractivity contribution is -0.118. The molecule has 0 aliphatic heterocycles. The number of aryl methyl sites for hydroxylation is 1. The summed E-state index contributed by atoms with van der Waals surface area (Å²) < 4.78 is 37.4. The maximum absolute atomic E-state index is 12.1. The van der Waals surface area contributed by atoms with E-state index in [1.165, 1.54) is 31.4 Å². The van der Waals surface area contributed by atoms with E-state index in [9.17, 15) is 13.2 Å². The number of hydrogen-bond donors (Lipinski definition) is 2. The standard InChI is InChI=1S/C19H24N2O5S/c1-13(2)21-27(23,24)16-8-6-15(7-9-16)20-19(22)12-26-17-10-5-14(3)11-18(17)25-4/h5-11,13,21H,12H2,1-4H3,(H,20,22). The van der Waals surface area contributed by atoms with Crippen molar-refractivity contribution >= 4 is 21.6 Å². The lowest BCUT2D eigenvalue weighted by atomic mass is 10.2. The van der Waals surface area contributed by atoms with Gasteiger partial charge in [0, 0.05) is 11.7 Å². The number of nitrogens with one attached hydrogen (secondary N) is 2. The van der Waals surface area contributed by atoms with Crippen molar-refractivity contribution in [2.75, 3.05) is 19.0 Å². The molecule has 0 radical (unpaired) electrons. The fraction of sp³-hybridized carbons (Fsp3) is 0.316. The predicted octanol–water partition coefficient (Wildman–Crippen LogP) is 2.71. The molecule has 0 aliphatic carbocycles. The minimum Gasteiger partial charge on any atom is -0.493 e. The minimum absolute atomic E-state index is 0.134. The average Bonchev–Trinajstić information content (AvgIpc) is 2.60. The highest BCUT2D eigenvalue weighted by molar-refractivity contribution is 7.89. The van der Waals surface area contributed by atoms with Crippen LogP contribution in [0.3, 0.4) is 0 Å². The van der Waals surface area contributed by atoms with Gasteiger partial charge in [0.05, 0.1) is 12.0 Å². The molecule has 0 fully saturated rings. The van der Waals surface area contributed by atoms with Crippen LogP contribution < -0.4 is 19.5 Å². The van der Waals surface area contributed by atoms with Gasteiger partial charge in [-0.25, -0.2) is 13.1 Å². The summed E-state index contributed by atoms with van der Waals surface area (Å²) in [5, 5.41) is 2.66. The largest absolute Gasteiger partial charge is 0.493 e. The number of sulfonamides is 1. The lowest BCUT2D eigenvalue weighted by Gasteiger charge is -2.12. The number of carbonyl (C=O) groups excluding carboxylic acids is 1. The van der Waals surface area contributed by atoms with Gasteiger partial charge in [-0.1, -0.05) is 6.07 Å². The van der Waals surface area contributed by atoms with Crippen molar-refractivity contribution in [2.24, 2.45) is 0 Å². The van der Waals surface area contributed by atoms with Crippen molar-refractivity contribution in [1.82, 2.24) is 4.72 Å². The summed E-state index contributed by atoms with van der Waals surface area (Å²) in [5.74, 6) is 0.656. The van der Waals surface area contributed by atoms with Crippen molar-refractivity contribution in [3.05, 3.63) is 48.0 Å². The topological polar surface area (TPSA) is 93.7 Å². The number of ether oxygens (including phenoxy) is 2. The van der Waals surface area contributed by atoms with Crippen LogP contribution in [-0.4, -0.2) is 34.1 Å². The molecule has 2 N–H and O–H groups in total. The normalized spacial score (nSPS) is 11.3. The van der Waals surface area contributed by atoms with Gasteiger partial charge in [-0.2, -0.15) is 0 Å². The van der Waals surface area contributed by atoms with Crippen LogP contribution in [-0.2, 0) is 14.8 Å².